The lowest BCUT2D eigenvalue weighted by Crippen LogP contribution is -2.25. The molecule has 0 aliphatic heterocycles. The Morgan fingerprint density at radius 3 is 2.00 bits per heavy atom. The van der Waals surface area contributed by atoms with Gasteiger partial charge in [0.25, 0.3) is 0 Å². The van der Waals surface area contributed by atoms with Gasteiger partial charge in [0, 0.05) is 25.0 Å². The summed E-state index contributed by atoms with van der Waals surface area (Å²) in [6.45, 7) is 5.10. The number of halogens is 3. The molecule has 0 aliphatic rings. The molecule has 0 radical (unpaired) electrons. The molecule has 1 aromatic heterocycles. The third kappa shape index (κ3) is 6.08. The maximum atomic E-state index is 12.5. The second kappa shape index (κ2) is 10.6. The highest BCUT2D eigenvalue weighted by Gasteiger charge is 2.31. The van der Waals surface area contributed by atoms with Crippen LogP contribution in [-0.2, 0) is 4.79 Å². The first-order valence-corrected chi connectivity index (χ1v) is 11.8. The lowest BCUT2D eigenvalue weighted by Gasteiger charge is -2.16. The molecule has 39 heavy (non-hydrogen) atoms. The maximum absolute atomic E-state index is 12.5. The van der Waals surface area contributed by atoms with Crippen LogP contribution in [0.4, 0.5) is 18.9 Å². The molecule has 0 saturated heterocycles. The number of anilines is 1. The summed E-state index contributed by atoms with van der Waals surface area (Å²) in [6.07, 6.45) is -4.86. The zero-order chi connectivity index (χ0) is 28.5. The van der Waals surface area contributed by atoms with Crippen LogP contribution in [0.1, 0.15) is 31.3 Å². The maximum Gasteiger partial charge on any atom is 0.573 e. The Hall–Kier alpha value is -4.67. The highest BCUT2D eigenvalue weighted by Crippen LogP contribution is 2.39. The van der Waals surface area contributed by atoms with E-state index in [1.54, 1.807) is 42.5 Å². The van der Waals surface area contributed by atoms with Gasteiger partial charge in [-0.05, 0) is 80.6 Å². The number of nitrogens with zero attached hydrogens (tertiary/aromatic N) is 2. The number of alkyl halides is 3. The van der Waals surface area contributed by atoms with Gasteiger partial charge in [-0.25, -0.2) is 4.79 Å². The van der Waals surface area contributed by atoms with Crippen molar-refractivity contribution in [3.63, 3.8) is 0 Å². The largest absolute Gasteiger partial charge is 0.573 e. The van der Waals surface area contributed by atoms with Crippen molar-refractivity contribution in [3.8, 4) is 28.7 Å². The number of ether oxygens (including phenoxy) is 3. The molecule has 0 bridgehead atoms. The molecule has 204 valence electrons. The van der Waals surface area contributed by atoms with E-state index >= 15 is 0 Å². The van der Waals surface area contributed by atoms with Gasteiger partial charge in [-0.2, -0.15) is 0 Å². The molecule has 3 aromatic carbocycles. The van der Waals surface area contributed by atoms with Crippen LogP contribution in [0.5, 0.6) is 23.0 Å². The fourth-order valence-corrected chi connectivity index (χ4v) is 4.07. The van der Waals surface area contributed by atoms with Crippen molar-refractivity contribution in [2.45, 2.75) is 33.2 Å². The minimum absolute atomic E-state index is 0.0413. The number of rotatable bonds is 8. The lowest BCUT2D eigenvalue weighted by atomic mass is 10.2. The number of hydrogen-bond donors (Lipinski definition) is 1. The second-order valence-electron chi connectivity index (χ2n) is 8.88. The number of carboxylic acid groups (broad SMARTS) is 1. The quantitative estimate of drug-likeness (QED) is 0.264. The van der Waals surface area contributed by atoms with Gasteiger partial charge in [-0.3, -0.25) is 4.79 Å². The minimum Gasteiger partial charge on any atom is -0.491 e. The molecule has 11 heteroatoms. The van der Waals surface area contributed by atoms with Gasteiger partial charge in [0.05, 0.1) is 17.3 Å². The third-order valence-electron chi connectivity index (χ3n) is 5.68. The predicted molar refractivity (Wildman–Crippen MR) is 138 cm³/mol. The van der Waals surface area contributed by atoms with Crippen molar-refractivity contribution >= 4 is 28.5 Å². The smallest absolute Gasteiger partial charge is 0.491 e. The summed E-state index contributed by atoms with van der Waals surface area (Å²) in [7, 11) is 1.47. The summed E-state index contributed by atoms with van der Waals surface area (Å²) < 4.78 is 54.3. The van der Waals surface area contributed by atoms with Crippen molar-refractivity contribution in [1.29, 1.82) is 0 Å². The van der Waals surface area contributed by atoms with Crippen LogP contribution in [0.15, 0.2) is 66.7 Å². The van der Waals surface area contributed by atoms with E-state index in [2.05, 4.69) is 4.74 Å². The Kier molecular flexibility index (Phi) is 7.44. The molecule has 0 fully saturated rings. The second-order valence-corrected chi connectivity index (χ2v) is 8.88. The molecule has 0 unspecified atom stereocenters. The number of aromatic carboxylic acids is 1. The summed E-state index contributed by atoms with van der Waals surface area (Å²) >= 11 is 0. The van der Waals surface area contributed by atoms with E-state index in [1.165, 1.54) is 35.6 Å². The first-order chi connectivity index (χ1) is 18.3. The molecular weight excluding hydrogens is 517 g/mol. The van der Waals surface area contributed by atoms with Gasteiger partial charge in [0.15, 0.2) is 5.69 Å². The average molecular weight is 543 g/mol. The normalized spacial score (nSPS) is 11.5. The van der Waals surface area contributed by atoms with E-state index in [1.807, 2.05) is 13.8 Å². The standard InChI is InChI=1S/C28H25F3N2O6/c1-16(2)37-19-7-5-18(6-8-19)33-24-14-13-22(38-20-9-11-21(12-10-20)39-28(29,30)31)15-23(24)25(26(33)27(35)36)32(4)17(3)34/h5-16H,1-4H3,(H,35,36). The number of aromatic nitrogens is 1. The van der Waals surface area contributed by atoms with Crippen LogP contribution < -0.4 is 19.1 Å². The topological polar surface area (TPSA) is 90.2 Å². The van der Waals surface area contributed by atoms with Gasteiger partial charge in [-0.1, -0.05) is 0 Å². The highest BCUT2D eigenvalue weighted by molar-refractivity contribution is 6.12. The third-order valence-corrected chi connectivity index (χ3v) is 5.68. The van der Waals surface area contributed by atoms with E-state index in [9.17, 15) is 27.9 Å². The SMILES string of the molecule is CC(=O)N(C)c1c(C(=O)O)n(-c2ccc(OC(C)C)cc2)c2ccc(Oc3ccc(OC(F)(F)F)cc3)cc12. The predicted octanol–water partition coefficient (Wildman–Crippen LogP) is 6.79. The summed E-state index contributed by atoms with van der Waals surface area (Å²) in [6, 6.07) is 16.5. The molecule has 8 nitrogen and oxygen atoms in total. The molecule has 4 rings (SSSR count). The first kappa shape index (κ1) is 27.4. The molecule has 1 heterocycles. The van der Waals surface area contributed by atoms with Crippen LogP contribution in [-0.4, -0.2) is 41.1 Å². The highest BCUT2D eigenvalue weighted by atomic mass is 19.4. The molecule has 1 N–H and O–H groups in total. The molecule has 0 aliphatic carbocycles. The molecule has 0 saturated carbocycles. The van der Waals surface area contributed by atoms with E-state index in [4.69, 9.17) is 9.47 Å². The van der Waals surface area contributed by atoms with E-state index in [0.717, 1.165) is 12.1 Å². The number of carbonyl (C=O) groups is 2. The van der Waals surface area contributed by atoms with Crippen LogP contribution in [0.2, 0.25) is 0 Å². The fourth-order valence-electron chi connectivity index (χ4n) is 4.07. The number of hydrogen-bond acceptors (Lipinski definition) is 5. The van der Waals surface area contributed by atoms with Gasteiger partial charge in [-0.15, -0.1) is 13.2 Å². The molecule has 1 amide bonds. The Bertz CT molecular complexity index is 1510. The number of carbonyl (C=O) groups excluding carboxylic acids is 1. The summed E-state index contributed by atoms with van der Waals surface area (Å²) in [5.74, 6) is -0.915. The zero-order valence-electron chi connectivity index (χ0n) is 21.4. The van der Waals surface area contributed by atoms with Crippen molar-refractivity contribution in [2.75, 3.05) is 11.9 Å². The average Bonchev–Trinajstić information content (AvgIpc) is 3.18. The Morgan fingerprint density at radius 1 is 0.897 bits per heavy atom. The van der Waals surface area contributed by atoms with Gasteiger partial charge < -0.3 is 28.8 Å². The van der Waals surface area contributed by atoms with Crippen molar-refractivity contribution in [2.24, 2.45) is 0 Å². The van der Waals surface area contributed by atoms with Crippen molar-refractivity contribution in [1.82, 2.24) is 4.57 Å². The van der Waals surface area contributed by atoms with Crippen molar-refractivity contribution < 1.29 is 42.1 Å². The summed E-state index contributed by atoms with van der Waals surface area (Å²) in [4.78, 5) is 26.1. The van der Waals surface area contributed by atoms with Crippen molar-refractivity contribution in [3.05, 3.63) is 72.4 Å². The number of amides is 1. The molecule has 4 aromatic rings. The van der Waals surface area contributed by atoms with Gasteiger partial charge >= 0.3 is 12.3 Å². The molecule has 0 atom stereocenters. The Labute approximate surface area is 221 Å². The van der Waals surface area contributed by atoms with Gasteiger partial charge in [0.1, 0.15) is 23.0 Å². The lowest BCUT2D eigenvalue weighted by molar-refractivity contribution is -0.274. The van der Waals surface area contributed by atoms with E-state index < -0.39 is 18.1 Å². The number of carboxylic acids is 1. The van der Waals surface area contributed by atoms with E-state index in [0.29, 0.717) is 22.3 Å². The van der Waals surface area contributed by atoms with Gasteiger partial charge in [0.2, 0.25) is 5.91 Å². The minimum atomic E-state index is -4.82. The van der Waals surface area contributed by atoms with Crippen LogP contribution in [0.25, 0.3) is 16.6 Å². The molecular formula is C28H25F3N2O6. The molecule has 0 spiro atoms. The van der Waals surface area contributed by atoms with E-state index in [-0.39, 0.29) is 34.9 Å². The summed E-state index contributed by atoms with van der Waals surface area (Å²) in [5.41, 5.74) is 1.05. The Balaban J connectivity index is 1.81. The number of benzene rings is 3. The summed E-state index contributed by atoms with van der Waals surface area (Å²) in [5, 5.41) is 10.6. The van der Waals surface area contributed by atoms with Crippen LogP contribution in [0, 0.1) is 0 Å². The first-order valence-electron chi connectivity index (χ1n) is 11.8. The Morgan fingerprint density at radius 2 is 1.46 bits per heavy atom. The monoisotopic (exact) mass is 542 g/mol. The number of fused-ring (bicyclic) bond motifs is 1. The van der Waals surface area contributed by atoms with Crippen LogP contribution >= 0.6 is 0 Å². The fraction of sp³-hybridized carbons (Fsp3) is 0.214. The zero-order valence-corrected chi connectivity index (χ0v) is 21.4. The van der Waals surface area contributed by atoms with Crippen LogP contribution in [0.3, 0.4) is 0 Å².